The summed E-state index contributed by atoms with van der Waals surface area (Å²) < 4.78 is 48.8. The van der Waals surface area contributed by atoms with E-state index in [0.717, 1.165) is 160 Å². The Bertz CT molecular complexity index is 6750. The fourth-order valence-electron chi connectivity index (χ4n) is 21.3. The molecule has 2 aliphatic rings. The van der Waals surface area contributed by atoms with Crippen molar-refractivity contribution < 1.29 is 5.48 Å². The van der Waals surface area contributed by atoms with Crippen LogP contribution >= 0.6 is 0 Å². The van der Waals surface area contributed by atoms with Crippen LogP contribution in [0.1, 0.15) is 295 Å². The predicted octanol–water partition coefficient (Wildman–Crippen LogP) is 34.9. The van der Waals surface area contributed by atoms with Gasteiger partial charge >= 0.3 is 0 Å². The maximum atomic E-state index is 10.9. The van der Waals surface area contributed by atoms with Crippen molar-refractivity contribution in [2.45, 2.75) is 295 Å². The molecule has 2 aromatic heterocycles. The first-order valence-corrected chi connectivity index (χ1v) is 49.8. The molecular formula is C129H153BN4. The molecule has 0 radical (unpaired) electrons. The molecule has 692 valence electrons. The molecule has 0 amide bonds. The summed E-state index contributed by atoms with van der Waals surface area (Å²) in [5.74, 6) is 0. The fraction of sp³-hybridized carbons (Fsp3) is 0.395. The van der Waals surface area contributed by atoms with Gasteiger partial charge in [-0.1, -0.05) is 362 Å². The first-order chi connectivity index (χ1) is 63.8. The second-order valence-corrected chi connectivity index (χ2v) is 52.3. The predicted molar refractivity (Wildman–Crippen MR) is 588 cm³/mol. The van der Waals surface area contributed by atoms with Gasteiger partial charge in [0.05, 0.1) is 33.4 Å². The Hall–Kier alpha value is -10.9. The molecule has 0 fully saturated rings. The van der Waals surface area contributed by atoms with Gasteiger partial charge in [-0.15, -0.1) is 0 Å². The van der Waals surface area contributed by atoms with Gasteiger partial charge in [0.1, 0.15) is 0 Å². The van der Waals surface area contributed by atoms with Gasteiger partial charge in [0.25, 0.3) is 6.71 Å². The molecule has 0 bridgehead atoms. The molecule has 2 aliphatic heterocycles. The third-order valence-corrected chi connectivity index (χ3v) is 27.0. The van der Waals surface area contributed by atoms with Gasteiger partial charge < -0.3 is 18.9 Å². The summed E-state index contributed by atoms with van der Waals surface area (Å²) in [6, 6.07) is 94.9. The van der Waals surface area contributed by atoms with E-state index >= 15 is 0 Å². The van der Waals surface area contributed by atoms with E-state index in [-0.39, 0.29) is 48.7 Å². The van der Waals surface area contributed by atoms with Crippen LogP contribution < -0.4 is 26.2 Å². The van der Waals surface area contributed by atoms with Crippen molar-refractivity contribution in [3.63, 3.8) is 0 Å². The third kappa shape index (κ3) is 19.7. The van der Waals surface area contributed by atoms with E-state index in [1.54, 1.807) is 0 Å². The van der Waals surface area contributed by atoms with Gasteiger partial charge in [-0.25, -0.2) is 0 Å². The van der Waals surface area contributed by atoms with Gasteiger partial charge in [0.15, 0.2) is 0 Å². The lowest BCUT2D eigenvalue weighted by atomic mass is 9.33. The fourth-order valence-corrected chi connectivity index (χ4v) is 21.3. The van der Waals surface area contributed by atoms with E-state index in [2.05, 4.69) is 490 Å². The second-order valence-electron chi connectivity index (χ2n) is 52.3. The number of benzene rings is 13. The van der Waals surface area contributed by atoms with Crippen LogP contribution in [0, 0.1) is 37.9 Å². The lowest BCUT2D eigenvalue weighted by Gasteiger charge is -2.46. The lowest BCUT2D eigenvalue weighted by Crippen LogP contribution is -2.61. The van der Waals surface area contributed by atoms with Gasteiger partial charge in [0, 0.05) is 72.3 Å². The zero-order valence-electron chi connectivity index (χ0n) is 91.5. The first kappa shape index (κ1) is 89.6. The van der Waals surface area contributed by atoms with Gasteiger partial charge in [-0.05, 0) is 325 Å². The monoisotopic (exact) mass is 1770 g/mol. The SMILES string of the molecule is [2H]C([2H])(c1cc(-c2cccc(CC(C)(C)C)c2)c(N2c3cc(-n4c5ccc(C(C)(C)C)cc5c5cc(C(C)(C)C)ccc54)ccc3B3c4ccc(-n5c6ccc(C(C)(C)C)cc6c6cc(C(C)(C)C)ccc65)cc4N(c4cc(-c5cccc(CC(C)(C)C)c5)c(C([2H])([2H])C(C)(C)C)cc4-c4cccc(CC(C)(C)C)c4)c4cc(CC(C)(C)C)cc2c43)cc1-c1cccc(CC(C)(C)C)c1)C(C)(C)C. The smallest absolute Gasteiger partial charge is 0.252 e. The van der Waals surface area contributed by atoms with Crippen LogP contribution in [0.15, 0.2) is 243 Å². The van der Waals surface area contributed by atoms with E-state index in [1.165, 1.54) is 66.1 Å². The second kappa shape index (κ2) is 33.5. The lowest BCUT2D eigenvalue weighted by molar-refractivity contribution is 0.410. The summed E-state index contributed by atoms with van der Waals surface area (Å²) in [6.45, 7) is 74.9. The summed E-state index contributed by atoms with van der Waals surface area (Å²) in [7, 11) is 0. The molecule has 0 saturated heterocycles. The van der Waals surface area contributed by atoms with Crippen molar-refractivity contribution in [3.05, 3.63) is 304 Å². The molecule has 13 aromatic carbocycles. The Kier molecular flexibility index (Phi) is 22.4. The highest BCUT2D eigenvalue weighted by molar-refractivity contribution is 7.00. The van der Waals surface area contributed by atoms with Gasteiger partial charge in [-0.2, -0.15) is 0 Å². The van der Waals surface area contributed by atoms with Crippen LogP contribution in [0.3, 0.4) is 0 Å². The van der Waals surface area contributed by atoms with Crippen LogP contribution in [0.2, 0.25) is 0 Å². The van der Waals surface area contributed by atoms with Crippen LogP contribution in [-0.2, 0) is 66.5 Å². The zero-order chi connectivity index (χ0) is 100. The standard InChI is InChI=1S/C129H153BN4/c1-119(2,3)74-81-38-34-42-86(58-81)98-72-112(100(64-90(98)79-124(16,17)18)88-44-36-40-83(60-88)76-121(7,8)9)133-114-70-96(131-108-54-46-92(126(22,23)24)66-102(108)103-67-93(127(25,26)27)47-55-109(103)131)50-52-106(114)130-107-53-51-97(132-110-56-48-94(128(28,29)30)68-104(110)105-69-95(129(31,32)33)49-57-111(105)132)71-115(107)134(117-63-85(78-123(13,14)15)62-116(133)118(117)130)113-73-99(87-43-35-39-82(59-87)75-120(4,5)6)91(80-125(19,20)21)65-101(113)89-45-37-41-84(61-89)77-122(10,11)12/h34-73H,74-80H2,1-33H3/i79D2,80D2. The van der Waals surface area contributed by atoms with Crippen molar-refractivity contribution in [2.75, 3.05) is 9.80 Å². The quantitative estimate of drug-likeness (QED) is 0.0951. The molecular weight excluding hydrogens is 1620 g/mol. The Morgan fingerprint density at radius 2 is 0.500 bits per heavy atom. The molecule has 5 heteroatoms. The minimum Gasteiger partial charge on any atom is -0.311 e. The summed E-state index contributed by atoms with van der Waals surface area (Å²) in [5, 5.41) is 4.86. The minimum atomic E-state index is -1.87. The maximum absolute atomic E-state index is 10.9. The van der Waals surface area contributed by atoms with E-state index in [0.29, 0.717) is 17.5 Å². The molecule has 0 spiro atoms. The zero-order valence-corrected chi connectivity index (χ0v) is 87.5. The van der Waals surface area contributed by atoms with Crippen molar-refractivity contribution in [1.82, 2.24) is 9.13 Å². The summed E-state index contributed by atoms with van der Waals surface area (Å²) in [4.78, 5) is 5.34. The van der Waals surface area contributed by atoms with Crippen molar-refractivity contribution in [2.24, 2.45) is 37.9 Å². The average Bonchev–Trinajstić information content (AvgIpc) is 0.880. The number of fused-ring (bicyclic) bond motifs is 10. The number of nitrogens with zero attached hydrogens (tertiary/aromatic N) is 4. The van der Waals surface area contributed by atoms with Crippen LogP contribution in [-0.4, -0.2) is 15.8 Å². The third-order valence-electron chi connectivity index (χ3n) is 27.0. The van der Waals surface area contributed by atoms with Crippen LogP contribution in [0.25, 0.3) is 99.5 Å². The van der Waals surface area contributed by atoms with Crippen molar-refractivity contribution in [3.8, 4) is 55.9 Å². The summed E-state index contributed by atoms with van der Waals surface area (Å²) in [6.07, 6.45) is 0.289. The number of hydrogen-bond acceptors (Lipinski definition) is 2. The molecule has 134 heavy (non-hydrogen) atoms. The highest BCUT2D eigenvalue weighted by Gasteiger charge is 2.46. The van der Waals surface area contributed by atoms with E-state index in [4.69, 9.17) is 0 Å². The molecule has 15 aromatic rings. The Morgan fingerprint density at radius 3 is 0.761 bits per heavy atom. The highest BCUT2D eigenvalue weighted by atomic mass is 15.2. The first-order valence-electron chi connectivity index (χ1n) is 51.8. The molecule has 4 nitrogen and oxygen atoms in total. The van der Waals surface area contributed by atoms with E-state index < -0.39 is 30.3 Å². The molecule has 0 atom stereocenters. The number of aromatic nitrogens is 2. The molecule has 0 saturated carbocycles. The minimum absolute atomic E-state index is 0.0399. The van der Waals surface area contributed by atoms with E-state index in [1.807, 2.05) is 0 Å². The number of anilines is 6. The summed E-state index contributed by atoms with van der Waals surface area (Å²) >= 11 is 0. The highest BCUT2D eigenvalue weighted by Crippen LogP contribution is 2.55. The van der Waals surface area contributed by atoms with Gasteiger partial charge in [-0.3, -0.25) is 0 Å². The maximum Gasteiger partial charge on any atom is 0.252 e. The number of rotatable bonds is 15. The topological polar surface area (TPSA) is 16.3 Å². The van der Waals surface area contributed by atoms with Crippen LogP contribution in [0.4, 0.5) is 34.1 Å². The van der Waals surface area contributed by atoms with Crippen molar-refractivity contribution >= 4 is 101 Å². The average molecular weight is 1770 g/mol. The molecule has 0 aliphatic carbocycles. The Morgan fingerprint density at radius 1 is 0.231 bits per heavy atom. The summed E-state index contributed by atoms with van der Waals surface area (Å²) in [5.41, 5.74) is 33.3. The Labute approximate surface area is 812 Å². The molecule has 4 heterocycles. The van der Waals surface area contributed by atoms with Crippen LogP contribution in [0.5, 0.6) is 0 Å². The van der Waals surface area contributed by atoms with Crippen molar-refractivity contribution in [1.29, 1.82) is 0 Å². The molecule has 0 unspecified atom stereocenters. The molecule has 0 N–H and O–H groups in total. The normalized spacial score (nSPS) is 14.5. The van der Waals surface area contributed by atoms with Gasteiger partial charge in [0.2, 0.25) is 0 Å². The van der Waals surface area contributed by atoms with E-state index in [9.17, 15) is 5.48 Å². The number of hydrogen-bond donors (Lipinski definition) is 0. The largest absolute Gasteiger partial charge is 0.311 e. The Balaban J connectivity index is 1.10. The molecule has 17 rings (SSSR count).